The largest absolute Gasteiger partial charge is 0.465 e. The second-order valence-corrected chi connectivity index (χ2v) is 4.30. The number of benzene rings is 1. The van der Waals surface area contributed by atoms with Gasteiger partial charge in [-0.15, -0.1) is 0 Å². The number of thiazole rings is 1. The molecule has 0 aliphatic rings. The van der Waals surface area contributed by atoms with E-state index in [9.17, 15) is 4.79 Å². The summed E-state index contributed by atoms with van der Waals surface area (Å²) in [7, 11) is 0. The van der Waals surface area contributed by atoms with Crippen molar-refractivity contribution in [2.45, 2.75) is 13.5 Å². The first-order chi connectivity index (χ1) is 7.72. The number of carbonyl (C=O) groups is 1. The summed E-state index contributed by atoms with van der Waals surface area (Å²) >= 11 is 1.36. The fraction of sp³-hybridized carbons (Fsp3) is 0.273. The lowest BCUT2D eigenvalue weighted by atomic mass is 10.3. The van der Waals surface area contributed by atoms with Gasteiger partial charge < -0.3 is 9.30 Å². The van der Waals surface area contributed by atoms with Gasteiger partial charge in [0.1, 0.15) is 6.54 Å². The van der Waals surface area contributed by atoms with Gasteiger partial charge in [-0.3, -0.25) is 10.2 Å². The molecule has 1 aromatic heterocycles. The number of hydrogen-bond acceptors (Lipinski definition) is 4. The van der Waals surface area contributed by atoms with Gasteiger partial charge in [-0.2, -0.15) is 0 Å². The van der Waals surface area contributed by atoms with E-state index in [0.717, 1.165) is 10.2 Å². The Kier molecular flexibility index (Phi) is 3.05. The zero-order chi connectivity index (χ0) is 11.5. The summed E-state index contributed by atoms with van der Waals surface area (Å²) < 4.78 is 7.56. The highest BCUT2D eigenvalue weighted by molar-refractivity contribution is 7.16. The normalized spacial score (nSPS) is 10.6. The maximum atomic E-state index is 11.4. The summed E-state index contributed by atoms with van der Waals surface area (Å²) in [6.45, 7) is 2.25. The zero-order valence-electron chi connectivity index (χ0n) is 8.90. The van der Waals surface area contributed by atoms with Gasteiger partial charge in [0, 0.05) is 0 Å². The molecule has 0 saturated heterocycles. The molecule has 0 unspecified atom stereocenters. The van der Waals surface area contributed by atoms with Gasteiger partial charge in [-0.05, 0) is 19.1 Å². The first-order valence-electron chi connectivity index (χ1n) is 5.01. The lowest BCUT2D eigenvalue weighted by Gasteiger charge is -2.03. The highest BCUT2D eigenvalue weighted by Gasteiger charge is 2.09. The van der Waals surface area contributed by atoms with E-state index in [4.69, 9.17) is 10.1 Å². The van der Waals surface area contributed by atoms with Crippen LogP contribution in [0.5, 0.6) is 0 Å². The van der Waals surface area contributed by atoms with Crippen LogP contribution in [0.3, 0.4) is 0 Å². The first-order valence-corrected chi connectivity index (χ1v) is 5.82. The van der Waals surface area contributed by atoms with E-state index in [2.05, 4.69) is 0 Å². The van der Waals surface area contributed by atoms with Gasteiger partial charge in [0.05, 0.1) is 16.8 Å². The average Bonchev–Trinajstić information content (AvgIpc) is 2.56. The molecule has 0 fully saturated rings. The zero-order valence-corrected chi connectivity index (χ0v) is 9.71. The quantitative estimate of drug-likeness (QED) is 0.825. The molecule has 0 aliphatic carbocycles. The fourth-order valence-electron chi connectivity index (χ4n) is 1.53. The van der Waals surface area contributed by atoms with E-state index < -0.39 is 0 Å². The van der Waals surface area contributed by atoms with Crippen molar-refractivity contribution in [3.05, 3.63) is 29.1 Å². The van der Waals surface area contributed by atoms with Gasteiger partial charge in [0.2, 0.25) is 0 Å². The van der Waals surface area contributed by atoms with Crippen molar-refractivity contribution in [1.82, 2.24) is 4.57 Å². The highest BCUT2D eigenvalue weighted by atomic mass is 32.1. The van der Waals surface area contributed by atoms with E-state index in [0.29, 0.717) is 11.4 Å². The van der Waals surface area contributed by atoms with Crippen molar-refractivity contribution < 1.29 is 9.53 Å². The molecule has 0 spiro atoms. The smallest absolute Gasteiger partial charge is 0.326 e. The van der Waals surface area contributed by atoms with Crippen LogP contribution in [0.4, 0.5) is 0 Å². The second-order valence-electron chi connectivity index (χ2n) is 3.27. The number of nitrogens with one attached hydrogen (secondary N) is 1. The number of esters is 1. The van der Waals surface area contributed by atoms with E-state index in [1.54, 1.807) is 11.5 Å². The maximum absolute atomic E-state index is 11.4. The fourth-order valence-corrected chi connectivity index (χ4v) is 2.44. The summed E-state index contributed by atoms with van der Waals surface area (Å²) in [4.78, 5) is 11.8. The molecule has 1 aromatic carbocycles. The Bertz CT molecular complexity index is 571. The van der Waals surface area contributed by atoms with Gasteiger partial charge in [-0.25, -0.2) is 0 Å². The minimum absolute atomic E-state index is 0.108. The van der Waals surface area contributed by atoms with E-state index in [1.165, 1.54) is 11.3 Å². The Labute approximate surface area is 96.6 Å². The number of carbonyl (C=O) groups excluding carboxylic acids is 1. The Hall–Kier alpha value is -1.62. The predicted molar refractivity (Wildman–Crippen MR) is 62.3 cm³/mol. The van der Waals surface area contributed by atoms with Gasteiger partial charge in [-0.1, -0.05) is 23.5 Å². The van der Waals surface area contributed by atoms with Crippen molar-refractivity contribution in [3.8, 4) is 0 Å². The first kappa shape index (κ1) is 10.9. The molecule has 16 heavy (non-hydrogen) atoms. The summed E-state index contributed by atoms with van der Waals surface area (Å²) in [6.07, 6.45) is 0. The monoisotopic (exact) mass is 236 g/mol. The Morgan fingerprint density at radius 3 is 3.00 bits per heavy atom. The molecule has 1 heterocycles. The summed E-state index contributed by atoms with van der Waals surface area (Å²) in [5.74, 6) is -0.301. The van der Waals surface area contributed by atoms with Crippen LogP contribution in [0.25, 0.3) is 10.2 Å². The number of hydrogen-bond donors (Lipinski definition) is 1. The molecule has 5 heteroatoms. The van der Waals surface area contributed by atoms with E-state index in [-0.39, 0.29) is 12.5 Å². The number of fused-ring (bicyclic) bond motifs is 1. The Morgan fingerprint density at radius 2 is 2.25 bits per heavy atom. The van der Waals surface area contributed by atoms with Crippen LogP contribution in [-0.2, 0) is 16.1 Å². The lowest BCUT2D eigenvalue weighted by Crippen LogP contribution is -2.20. The van der Waals surface area contributed by atoms with Crippen molar-refractivity contribution in [2.24, 2.45) is 0 Å². The SMILES string of the molecule is CCOC(=O)Cn1c(=N)sc2ccccc21. The Balaban J connectivity index is 2.40. The second kappa shape index (κ2) is 4.49. The van der Waals surface area contributed by atoms with Gasteiger partial charge in [0.15, 0.2) is 4.80 Å². The molecule has 0 bridgehead atoms. The summed E-state index contributed by atoms with van der Waals surface area (Å²) in [5, 5.41) is 7.80. The van der Waals surface area contributed by atoms with Crippen LogP contribution in [0.2, 0.25) is 0 Å². The predicted octanol–water partition coefficient (Wildman–Crippen LogP) is 1.75. The highest BCUT2D eigenvalue weighted by Crippen LogP contribution is 2.16. The molecule has 0 saturated carbocycles. The van der Waals surface area contributed by atoms with Crippen molar-refractivity contribution >= 4 is 27.5 Å². The summed E-state index contributed by atoms with van der Waals surface area (Å²) in [6, 6.07) is 7.67. The number of nitrogens with zero attached hydrogens (tertiary/aromatic N) is 1. The van der Waals surface area contributed by atoms with Crippen LogP contribution >= 0.6 is 11.3 Å². The molecular formula is C11H12N2O2S. The van der Waals surface area contributed by atoms with E-state index >= 15 is 0 Å². The van der Waals surface area contributed by atoms with Crippen LogP contribution in [0.15, 0.2) is 24.3 Å². The Morgan fingerprint density at radius 1 is 1.50 bits per heavy atom. The molecule has 1 N–H and O–H groups in total. The number of rotatable bonds is 3. The summed E-state index contributed by atoms with van der Waals surface area (Å²) in [5.41, 5.74) is 0.908. The van der Waals surface area contributed by atoms with Crippen LogP contribution in [0, 0.1) is 5.41 Å². The minimum atomic E-state index is -0.301. The molecule has 4 nitrogen and oxygen atoms in total. The molecule has 0 radical (unpaired) electrons. The average molecular weight is 236 g/mol. The molecule has 0 atom stereocenters. The molecule has 0 amide bonds. The lowest BCUT2D eigenvalue weighted by molar-refractivity contribution is -0.143. The molecule has 84 valence electrons. The third kappa shape index (κ3) is 1.99. The molecule has 0 aliphatic heterocycles. The maximum Gasteiger partial charge on any atom is 0.326 e. The van der Waals surface area contributed by atoms with Gasteiger partial charge in [0.25, 0.3) is 0 Å². The minimum Gasteiger partial charge on any atom is -0.465 e. The van der Waals surface area contributed by atoms with Crippen LogP contribution in [-0.4, -0.2) is 17.1 Å². The van der Waals surface area contributed by atoms with Crippen LogP contribution < -0.4 is 4.80 Å². The standard InChI is InChI=1S/C11H12N2O2S/c1-2-15-10(14)7-13-8-5-3-4-6-9(8)16-11(13)12/h3-6,12H,2,7H2,1H3. The topological polar surface area (TPSA) is 55.1 Å². The number of ether oxygens (including phenoxy) is 1. The van der Waals surface area contributed by atoms with Crippen molar-refractivity contribution in [2.75, 3.05) is 6.61 Å². The number of aromatic nitrogens is 1. The van der Waals surface area contributed by atoms with Gasteiger partial charge >= 0.3 is 5.97 Å². The molecule has 2 rings (SSSR count). The number of para-hydroxylation sites is 1. The molecule has 2 aromatic rings. The third-order valence-corrected chi connectivity index (χ3v) is 3.18. The molecular weight excluding hydrogens is 224 g/mol. The van der Waals surface area contributed by atoms with Crippen molar-refractivity contribution in [1.29, 1.82) is 5.41 Å². The van der Waals surface area contributed by atoms with Crippen LogP contribution in [0.1, 0.15) is 6.92 Å². The third-order valence-electron chi connectivity index (χ3n) is 2.20. The van der Waals surface area contributed by atoms with Crippen molar-refractivity contribution in [3.63, 3.8) is 0 Å². The van der Waals surface area contributed by atoms with E-state index in [1.807, 2.05) is 24.3 Å².